The third kappa shape index (κ3) is 6.25. The van der Waals surface area contributed by atoms with E-state index in [0.29, 0.717) is 10.0 Å². The quantitative estimate of drug-likeness (QED) is 0.329. The maximum absolute atomic E-state index is 12.5. The molecule has 0 aliphatic heterocycles. The van der Waals surface area contributed by atoms with E-state index in [0.717, 1.165) is 0 Å². The average molecular weight is 462 g/mol. The number of nitrogens with one attached hydrogen (secondary N) is 2. The Bertz CT molecular complexity index is 988. The number of hydrogen-bond donors (Lipinski definition) is 3. The van der Waals surface area contributed by atoms with Gasteiger partial charge in [-0.1, -0.05) is 22.0 Å². The fourth-order valence-corrected chi connectivity index (χ4v) is 2.58. The van der Waals surface area contributed by atoms with Crippen molar-refractivity contribution in [1.82, 2.24) is 10.6 Å². The number of hydrogen-bond acceptors (Lipinski definition) is 5. The van der Waals surface area contributed by atoms with E-state index in [1.165, 1.54) is 37.3 Å². The Kier molecular flexibility index (Phi) is 7.21. The van der Waals surface area contributed by atoms with Crippen molar-refractivity contribution in [2.75, 3.05) is 0 Å². The van der Waals surface area contributed by atoms with Gasteiger partial charge >= 0.3 is 5.97 Å². The lowest BCUT2D eigenvalue weighted by molar-refractivity contribution is -0.384. The topological polar surface area (TPSA) is 139 Å². The summed E-state index contributed by atoms with van der Waals surface area (Å²) in [7, 11) is 0. The smallest absolute Gasteiger partial charge is 0.325 e. The number of halogens is 1. The van der Waals surface area contributed by atoms with E-state index in [9.17, 15) is 24.5 Å². The van der Waals surface area contributed by atoms with E-state index in [-0.39, 0.29) is 16.9 Å². The van der Waals surface area contributed by atoms with Crippen molar-refractivity contribution >= 4 is 45.5 Å². The van der Waals surface area contributed by atoms with Gasteiger partial charge in [-0.25, -0.2) is 0 Å². The first-order chi connectivity index (χ1) is 13.7. The summed E-state index contributed by atoms with van der Waals surface area (Å²) in [5.41, 5.74) is 0.328. The summed E-state index contributed by atoms with van der Waals surface area (Å²) in [5.74, 6) is -2.65. The lowest BCUT2D eigenvalue weighted by atomic mass is 10.1. The molecule has 2 amide bonds. The van der Waals surface area contributed by atoms with Crippen LogP contribution in [0.1, 0.15) is 22.8 Å². The highest BCUT2D eigenvalue weighted by atomic mass is 79.9. The molecule has 2 rings (SSSR count). The molecule has 10 heteroatoms. The van der Waals surface area contributed by atoms with Crippen LogP contribution in [0.3, 0.4) is 0 Å². The zero-order valence-corrected chi connectivity index (χ0v) is 16.7. The van der Waals surface area contributed by atoms with Crippen LogP contribution in [-0.4, -0.2) is 33.9 Å². The Morgan fingerprint density at radius 3 is 2.38 bits per heavy atom. The van der Waals surface area contributed by atoms with Gasteiger partial charge in [-0.15, -0.1) is 0 Å². The fraction of sp³-hybridized carbons (Fsp3) is 0.105. The van der Waals surface area contributed by atoms with Crippen LogP contribution in [0, 0.1) is 10.1 Å². The fourth-order valence-electron chi connectivity index (χ4n) is 2.18. The predicted octanol–water partition coefficient (Wildman–Crippen LogP) is 2.72. The number of carboxylic acid groups (broad SMARTS) is 1. The number of amides is 2. The molecule has 0 saturated carbocycles. The number of non-ortho nitro benzene ring substituents is 1. The van der Waals surface area contributed by atoms with E-state index < -0.39 is 28.7 Å². The number of rotatable bonds is 7. The molecule has 0 saturated heterocycles. The summed E-state index contributed by atoms with van der Waals surface area (Å²) in [6.45, 7) is 1.28. The van der Waals surface area contributed by atoms with Crippen LogP contribution in [0.4, 0.5) is 5.69 Å². The summed E-state index contributed by atoms with van der Waals surface area (Å²) in [4.78, 5) is 46.2. The van der Waals surface area contributed by atoms with Crippen molar-refractivity contribution in [2.45, 2.75) is 13.0 Å². The number of nitro benzene ring substituents is 1. The first-order valence-corrected chi connectivity index (χ1v) is 9.03. The summed E-state index contributed by atoms with van der Waals surface area (Å²) in [6.07, 6.45) is 1.30. The highest BCUT2D eigenvalue weighted by Crippen LogP contribution is 2.15. The van der Waals surface area contributed by atoms with E-state index >= 15 is 0 Å². The predicted molar refractivity (Wildman–Crippen MR) is 108 cm³/mol. The molecule has 0 aliphatic carbocycles. The highest BCUT2D eigenvalue weighted by Gasteiger charge is 2.20. The standard InChI is InChI=1S/C19H16BrN3O6/c1-11(19(26)27)21-18(25)16(9-12-5-7-15(8-6-12)23(28)29)22-17(24)13-3-2-4-14(20)10-13/h2-11H,1H3,(H,21,25)(H,22,24)(H,26,27). The van der Waals surface area contributed by atoms with Crippen molar-refractivity contribution in [1.29, 1.82) is 0 Å². The third-order valence-electron chi connectivity index (χ3n) is 3.71. The minimum absolute atomic E-state index is 0.133. The van der Waals surface area contributed by atoms with E-state index in [1.807, 2.05) is 0 Å². The Balaban J connectivity index is 2.33. The maximum atomic E-state index is 12.5. The van der Waals surface area contributed by atoms with Gasteiger partial charge in [-0.05, 0) is 48.9 Å². The molecule has 0 spiro atoms. The van der Waals surface area contributed by atoms with Crippen LogP contribution in [-0.2, 0) is 9.59 Å². The first-order valence-electron chi connectivity index (χ1n) is 8.24. The average Bonchev–Trinajstić information content (AvgIpc) is 2.67. The zero-order chi connectivity index (χ0) is 21.6. The summed E-state index contributed by atoms with van der Waals surface area (Å²) in [6, 6.07) is 10.6. The van der Waals surface area contributed by atoms with Crippen molar-refractivity contribution in [2.24, 2.45) is 0 Å². The largest absolute Gasteiger partial charge is 0.480 e. The monoisotopic (exact) mass is 461 g/mol. The van der Waals surface area contributed by atoms with Gasteiger partial charge < -0.3 is 15.7 Å². The van der Waals surface area contributed by atoms with E-state index in [1.54, 1.807) is 24.3 Å². The molecule has 0 fully saturated rings. The third-order valence-corrected chi connectivity index (χ3v) is 4.21. The molecular weight excluding hydrogens is 446 g/mol. The van der Waals surface area contributed by atoms with Gasteiger partial charge in [-0.2, -0.15) is 0 Å². The number of carbonyl (C=O) groups is 3. The second-order valence-electron chi connectivity index (χ2n) is 5.90. The molecule has 2 aromatic rings. The Morgan fingerprint density at radius 1 is 1.17 bits per heavy atom. The molecule has 0 bridgehead atoms. The molecule has 0 heterocycles. The van der Waals surface area contributed by atoms with Crippen molar-refractivity contribution in [3.05, 3.63) is 79.9 Å². The van der Waals surface area contributed by atoms with Crippen molar-refractivity contribution in [3.8, 4) is 0 Å². The van der Waals surface area contributed by atoms with Crippen molar-refractivity contribution in [3.63, 3.8) is 0 Å². The highest BCUT2D eigenvalue weighted by molar-refractivity contribution is 9.10. The Hall–Kier alpha value is -3.53. The van der Waals surface area contributed by atoms with Crippen LogP contribution >= 0.6 is 15.9 Å². The van der Waals surface area contributed by atoms with Gasteiger partial charge in [0.05, 0.1) is 4.92 Å². The number of nitrogens with zero attached hydrogens (tertiary/aromatic N) is 1. The molecule has 9 nitrogen and oxygen atoms in total. The molecule has 1 atom stereocenters. The molecule has 3 N–H and O–H groups in total. The van der Waals surface area contributed by atoms with Gasteiger partial charge in [0, 0.05) is 22.2 Å². The lowest BCUT2D eigenvalue weighted by Crippen LogP contribution is -2.42. The van der Waals surface area contributed by atoms with Gasteiger partial charge in [0.25, 0.3) is 17.5 Å². The number of benzene rings is 2. The SMILES string of the molecule is CC(NC(=O)C(=Cc1ccc([N+](=O)[O-])cc1)NC(=O)c1cccc(Br)c1)C(=O)O. The number of carboxylic acids is 1. The normalized spacial score (nSPS) is 12.0. The van der Waals surface area contributed by atoms with Crippen LogP contribution in [0.15, 0.2) is 58.7 Å². The number of carbonyl (C=O) groups excluding carboxylic acids is 2. The van der Waals surface area contributed by atoms with Crippen molar-refractivity contribution < 1.29 is 24.4 Å². The van der Waals surface area contributed by atoms with Gasteiger partial charge in [0.15, 0.2) is 0 Å². The molecule has 150 valence electrons. The van der Waals surface area contributed by atoms with E-state index in [4.69, 9.17) is 5.11 Å². The Labute approximate surface area is 173 Å². The molecule has 2 aromatic carbocycles. The molecule has 1 unspecified atom stereocenters. The minimum atomic E-state index is -1.24. The molecule has 0 aromatic heterocycles. The maximum Gasteiger partial charge on any atom is 0.325 e. The minimum Gasteiger partial charge on any atom is -0.480 e. The molecule has 0 aliphatic rings. The zero-order valence-electron chi connectivity index (χ0n) is 15.1. The molecule has 29 heavy (non-hydrogen) atoms. The van der Waals surface area contributed by atoms with Gasteiger partial charge in [-0.3, -0.25) is 24.5 Å². The Morgan fingerprint density at radius 2 is 1.83 bits per heavy atom. The second kappa shape index (κ2) is 9.60. The number of aliphatic carboxylic acids is 1. The van der Waals surface area contributed by atoms with Crippen LogP contribution < -0.4 is 10.6 Å². The second-order valence-corrected chi connectivity index (χ2v) is 6.82. The van der Waals surface area contributed by atoms with E-state index in [2.05, 4.69) is 26.6 Å². The summed E-state index contributed by atoms with van der Waals surface area (Å²) in [5, 5.41) is 24.5. The summed E-state index contributed by atoms with van der Waals surface area (Å²) >= 11 is 3.25. The molecular formula is C19H16BrN3O6. The molecule has 0 radical (unpaired) electrons. The first kappa shape index (κ1) is 21.8. The van der Waals surface area contributed by atoms with Crippen LogP contribution in [0.5, 0.6) is 0 Å². The lowest BCUT2D eigenvalue weighted by Gasteiger charge is -2.13. The summed E-state index contributed by atoms with van der Waals surface area (Å²) < 4.78 is 0.662. The van der Waals surface area contributed by atoms with Crippen LogP contribution in [0.25, 0.3) is 6.08 Å². The van der Waals surface area contributed by atoms with Gasteiger partial charge in [0.1, 0.15) is 11.7 Å². The van der Waals surface area contributed by atoms with Gasteiger partial charge in [0.2, 0.25) is 0 Å². The van der Waals surface area contributed by atoms with Crippen LogP contribution in [0.2, 0.25) is 0 Å². The number of nitro groups is 1.